The van der Waals surface area contributed by atoms with Gasteiger partial charge in [-0.3, -0.25) is 9.69 Å². The molecule has 1 heterocycles. The number of carbonyl (C=O) groups excluding carboxylic acids is 2. The molecule has 4 heteroatoms. The van der Waals surface area contributed by atoms with Gasteiger partial charge in [0.15, 0.2) is 5.78 Å². The van der Waals surface area contributed by atoms with Gasteiger partial charge in [-0.05, 0) is 43.7 Å². The first-order valence-corrected chi connectivity index (χ1v) is 10.8. The predicted molar refractivity (Wildman–Crippen MR) is 118 cm³/mol. The molecule has 2 rings (SSSR count). The predicted octanol–water partition coefficient (Wildman–Crippen LogP) is 6.07. The normalized spacial score (nSPS) is 19.1. The van der Waals surface area contributed by atoms with E-state index in [2.05, 4.69) is 6.58 Å². The van der Waals surface area contributed by atoms with Gasteiger partial charge in [-0.25, -0.2) is 4.79 Å². The first kappa shape index (κ1) is 22.9. The highest BCUT2D eigenvalue weighted by Gasteiger charge is 2.36. The number of hydrogen-bond donors (Lipinski definition) is 0. The van der Waals surface area contributed by atoms with Crippen LogP contribution in [0, 0.1) is 5.92 Å². The number of carbonyl (C=O) groups is 2. The van der Waals surface area contributed by atoms with E-state index in [4.69, 9.17) is 4.74 Å². The molecular weight excluding hydrogens is 362 g/mol. The lowest BCUT2D eigenvalue weighted by Crippen LogP contribution is -2.40. The fourth-order valence-corrected chi connectivity index (χ4v) is 3.71. The summed E-state index contributed by atoms with van der Waals surface area (Å²) in [4.78, 5) is 26.8. The van der Waals surface area contributed by atoms with Gasteiger partial charge in [-0.1, -0.05) is 69.2 Å². The van der Waals surface area contributed by atoms with E-state index in [0.717, 1.165) is 50.5 Å². The molecule has 4 nitrogen and oxygen atoms in total. The van der Waals surface area contributed by atoms with Crippen LogP contribution in [0.2, 0.25) is 0 Å². The quantitative estimate of drug-likeness (QED) is 0.258. The number of ketones is 1. The van der Waals surface area contributed by atoms with Crippen molar-refractivity contribution in [2.45, 2.75) is 77.5 Å². The van der Waals surface area contributed by atoms with Crippen LogP contribution in [0.1, 0.15) is 64.4 Å². The van der Waals surface area contributed by atoms with Crippen LogP contribution in [0.3, 0.4) is 0 Å². The zero-order valence-electron chi connectivity index (χ0n) is 17.9. The number of hydrogen-bond acceptors (Lipinski definition) is 3. The Kier molecular flexibility index (Phi) is 9.69. The maximum Gasteiger partial charge on any atom is 0.410 e. The molecule has 0 saturated carbocycles. The number of unbranched alkanes of at least 4 members (excludes halogenated alkanes) is 3. The van der Waals surface area contributed by atoms with Crippen molar-refractivity contribution < 1.29 is 14.3 Å². The highest BCUT2D eigenvalue weighted by molar-refractivity contribution is 5.91. The molecule has 1 aromatic carbocycles. The van der Waals surface area contributed by atoms with E-state index in [0.29, 0.717) is 0 Å². The molecule has 0 aromatic heterocycles. The second kappa shape index (κ2) is 12.3. The summed E-state index contributed by atoms with van der Waals surface area (Å²) >= 11 is 0. The first-order chi connectivity index (χ1) is 14.0. The monoisotopic (exact) mass is 397 g/mol. The molecule has 1 amide bonds. The molecule has 1 saturated heterocycles. The molecule has 2 atom stereocenters. The maximum atomic E-state index is 12.9. The summed E-state index contributed by atoms with van der Waals surface area (Å²) in [5, 5.41) is 0. The van der Waals surface area contributed by atoms with Crippen LogP contribution in [0.4, 0.5) is 4.79 Å². The molecule has 0 spiro atoms. The van der Waals surface area contributed by atoms with Crippen LogP contribution in [0.25, 0.3) is 0 Å². The summed E-state index contributed by atoms with van der Waals surface area (Å²) < 4.78 is 5.63. The molecule has 29 heavy (non-hydrogen) atoms. The molecule has 0 bridgehead atoms. The molecule has 0 unspecified atom stereocenters. The Bertz CT molecular complexity index is 681. The van der Waals surface area contributed by atoms with Crippen molar-refractivity contribution in [3.05, 3.63) is 60.7 Å². The van der Waals surface area contributed by atoms with Crippen molar-refractivity contribution in [2.24, 2.45) is 5.92 Å². The summed E-state index contributed by atoms with van der Waals surface area (Å²) in [7, 11) is 0. The minimum absolute atomic E-state index is 0.0354. The Morgan fingerprint density at radius 3 is 2.62 bits per heavy atom. The van der Waals surface area contributed by atoms with E-state index in [1.165, 1.54) is 0 Å². The number of ether oxygens (including phenoxy) is 1. The smallest absolute Gasteiger partial charge is 0.410 e. The molecule has 1 aliphatic rings. The highest BCUT2D eigenvalue weighted by Crippen LogP contribution is 2.30. The molecule has 1 aliphatic heterocycles. The molecule has 158 valence electrons. The van der Waals surface area contributed by atoms with Crippen LogP contribution in [0.15, 0.2) is 55.1 Å². The number of nitrogens with zero attached hydrogens (tertiary/aromatic N) is 1. The number of amides is 1. The van der Waals surface area contributed by atoms with Gasteiger partial charge in [-0.15, -0.1) is 6.58 Å². The third-order valence-corrected chi connectivity index (χ3v) is 5.46. The SMILES string of the molecule is C=CCCCCC[C@H]1CC[C@H](/C=C/C(=O)C(C)C)N1C(=O)OCc1ccccc1. The highest BCUT2D eigenvalue weighted by atomic mass is 16.6. The molecule has 0 radical (unpaired) electrons. The van der Waals surface area contributed by atoms with Crippen LogP contribution < -0.4 is 0 Å². The van der Waals surface area contributed by atoms with Crippen molar-refractivity contribution in [3.63, 3.8) is 0 Å². The van der Waals surface area contributed by atoms with E-state index in [-0.39, 0.29) is 36.5 Å². The Balaban J connectivity index is 2.00. The molecule has 1 fully saturated rings. The van der Waals surface area contributed by atoms with Gasteiger partial charge in [0.05, 0.1) is 6.04 Å². The molecule has 0 N–H and O–H groups in total. The second-order valence-corrected chi connectivity index (χ2v) is 8.09. The Hall–Kier alpha value is -2.36. The zero-order valence-corrected chi connectivity index (χ0v) is 17.9. The fourth-order valence-electron chi connectivity index (χ4n) is 3.71. The summed E-state index contributed by atoms with van der Waals surface area (Å²) in [6.07, 6.45) is 12.4. The first-order valence-electron chi connectivity index (χ1n) is 10.8. The molecular formula is C25H35NO3. The summed E-state index contributed by atoms with van der Waals surface area (Å²) in [5.41, 5.74) is 0.975. The zero-order chi connectivity index (χ0) is 21.1. The van der Waals surface area contributed by atoms with Crippen LogP contribution >= 0.6 is 0 Å². The molecule has 1 aromatic rings. The Labute approximate surface area is 175 Å². The third kappa shape index (κ3) is 7.52. The minimum atomic E-state index is -0.283. The number of rotatable bonds is 11. The summed E-state index contributed by atoms with van der Waals surface area (Å²) in [6, 6.07) is 9.83. The van der Waals surface area contributed by atoms with Crippen molar-refractivity contribution in [1.29, 1.82) is 0 Å². The van der Waals surface area contributed by atoms with Gasteiger partial charge in [0.1, 0.15) is 6.61 Å². The Morgan fingerprint density at radius 2 is 1.93 bits per heavy atom. The van der Waals surface area contributed by atoms with Crippen molar-refractivity contribution in [1.82, 2.24) is 4.90 Å². The van der Waals surface area contributed by atoms with E-state index in [1.807, 2.05) is 61.2 Å². The number of benzene rings is 1. The van der Waals surface area contributed by atoms with E-state index < -0.39 is 0 Å². The standard InChI is InChI=1S/C25H35NO3/c1-4-5-6-7-11-14-22-15-16-23(17-18-24(27)20(2)3)26(22)25(28)29-19-21-12-9-8-10-13-21/h4,8-10,12-13,17-18,20,22-23H,1,5-7,11,14-16,19H2,2-3H3/b18-17+/t22-,23+/m0/s1. The average molecular weight is 398 g/mol. The topological polar surface area (TPSA) is 46.6 Å². The fraction of sp³-hybridized carbons (Fsp3) is 0.520. The Morgan fingerprint density at radius 1 is 1.17 bits per heavy atom. The van der Waals surface area contributed by atoms with Gasteiger partial charge in [0.25, 0.3) is 0 Å². The van der Waals surface area contributed by atoms with Gasteiger partial charge in [-0.2, -0.15) is 0 Å². The van der Waals surface area contributed by atoms with E-state index in [9.17, 15) is 9.59 Å². The van der Waals surface area contributed by atoms with Crippen molar-refractivity contribution in [3.8, 4) is 0 Å². The van der Waals surface area contributed by atoms with Crippen LogP contribution in [0.5, 0.6) is 0 Å². The van der Waals surface area contributed by atoms with Crippen LogP contribution in [-0.2, 0) is 16.1 Å². The lowest BCUT2D eigenvalue weighted by atomic mass is 10.1. The van der Waals surface area contributed by atoms with Gasteiger partial charge < -0.3 is 4.74 Å². The largest absolute Gasteiger partial charge is 0.445 e. The van der Waals surface area contributed by atoms with E-state index in [1.54, 1.807) is 6.08 Å². The maximum absolute atomic E-state index is 12.9. The van der Waals surface area contributed by atoms with Gasteiger partial charge in [0.2, 0.25) is 0 Å². The van der Waals surface area contributed by atoms with Gasteiger partial charge >= 0.3 is 6.09 Å². The number of likely N-dealkylation sites (tertiary alicyclic amines) is 1. The van der Waals surface area contributed by atoms with Crippen molar-refractivity contribution in [2.75, 3.05) is 0 Å². The van der Waals surface area contributed by atoms with Gasteiger partial charge in [0, 0.05) is 12.0 Å². The summed E-state index contributed by atoms with van der Waals surface area (Å²) in [6.45, 7) is 7.81. The number of allylic oxidation sites excluding steroid dienone is 2. The third-order valence-electron chi connectivity index (χ3n) is 5.46. The second-order valence-electron chi connectivity index (χ2n) is 8.09. The van der Waals surface area contributed by atoms with E-state index >= 15 is 0 Å². The van der Waals surface area contributed by atoms with Crippen LogP contribution in [-0.4, -0.2) is 28.9 Å². The van der Waals surface area contributed by atoms with Crippen molar-refractivity contribution >= 4 is 11.9 Å². The lowest BCUT2D eigenvalue weighted by Gasteiger charge is -2.28. The molecule has 0 aliphatic carbocycles. The minimum Gasteiger partial charge on any atom is -0.445 e. The average Bonchev–Trinajstić information content (AvgIpc) is 3.13. The lowest BCUT2D eigenvalue weighted by molar-refractivity contribution is -0.117. The summed E-state index contributed by atoms with van der Waals surface area (Å²) in [5.74, 6) is 0.0577.